The van der Waals surface area contributed by atoms with Crippen LogP contribution in [0.4, 0.5) is 0 Å². The number of carboxylic acids is 1. The molecule has 0 saturated heterocycles. The van der Waals surface area contributed by atoms with E-state index in [4.69, 9.17) is 9.90 Å². The van der Waals surface area contributed by atoms with Crippen LogP contribution in [0.25, 0.3) is 0 Å². The summed E-state index contributed by atoms with van der Waals surface area (Å²) in [6.07, 6.45) is 0. The van der Waals surface area contributed by atoms with Crippen LogP contribution in [0.3, 0.4) is 0 Å². The van der Waals surface area contributed by atoms with Crippen LogP contribution < -0.4 is 0 Å². The Hall–Kier alpha value is 0.0923. The molecular weight excluding hydrogens is 178 g/mol. The molecule has 0 fully saturated rings. The fourth-order valence-electron chi connectivity index (χ4n) is 0. The average molecular weight is 184 g/mol. The first kappa shape index (κ1) is 16.5. The summed E-state index contributed by atoms with van der Waals surface area (Å²) < 4.78 is 0. The van der Waals surface area contributed by atoms with Crippen molar-refractivity contribution < 1.29 is 35.8 Å². The Balaban J connectivity index is -0.0000000450. The number of carbonyl (C=O) groups is 1. The maximum absolute atomic E-state index is 9.00. The largest absolute Gasteiger partial charge is 0.481 e. The van der Waals surface area contributed by atoms with Gasteiger partial charge in [0.2, 0.25) is 0 Å². The van der Waals surface area contributed by atoms with E-state index in [-0.39, 0.29) is 25.9 Å². The Morgan fingerprint density at radius 2 is 1.67 bits per heavy atom. The summed E-state index contributed by atoms with van der Waals surface area (Å²) in [6.45, 7) is 1.08. The molecule has 0 saturated carbocycles. The number of rotatable bonds is 0. The van der Waals surface area contributed by atoms with Crippen LogP contribution in [0.2, 0.25) is 0 Å². The monoisotopic (exact) mass is 184 g/mol. The number of aliphatic carboxylic acids is 1. The summed E-state index contributed by atoms with van der Waals surface area (Å²) in [5.74, 6) is -0.833. The normalized spacial score (nSPS) is 4.17. The molecule has 3 nitrogen and oxygen atoms in total. The van der Waals surface area contributed by atoms with E-state index in [9.17, 15) is 0 Å². The molecule has 0 radical (unpaired) electrons. The zero-order valence-electron chi connectivity index (χ0n) is 3.17. The van der Waals surface area contributed by atoms with Gasteiger partial charge in [0.25, 0.3) is 5.97 Å². The van der Waals surface area contributed by atoms with Gasteiger partial charge in [-0.25, -0.2) is 0 Å². The van der Waals surface area contributed by atoms with Crippen LogP contribution >= 0.6 is 0 Å². The van der Waals surface area contributed by atoms with Gasteiger partial charge in [-0.15, -0.1) is 0 Å². The van der Waals surface area contributed by atoms with Crippen LogP contribution in [0.5, 0.6) is 0 Å². The third-order valence-electron chi connectivity index (χ3n) is 0. The Morgan fingerprint density at radius 1 is 1.67 bits per heavy atom. The fourth-order valence-corrected chi connectivity index (χ4v) is 0. The first-order valence-electron chi connectivity index (χ1n) is 0.928. The first-order chi connectivity index (χ1) is 1.73. The molecular formula is C2H6O3Pd. The Labute approximate surface area is 49.3 Å². The van der Waals surface area contributed by atoms with Crippen LogP contribution in [-0.4, -0.2) is 16.6 Å². The standard InChI is InChI=1S/C2H4O2.H2O.Pd/c1-2(3)4;;/h1H3,(H,3,4);1H2;. The number of hydrogen-bond acceptors (Lipinski definition) is 1. The van der Waals surface area contributed by atoms with E-state index in [2.05, 4.69) is 0 Å². The van der Waals surface area contributed by atoms with Crippen LogP contribution in [0.1, 0.15) is 6.92 Å². The minimum Gasteiger partial charge on any atom is -0.481 e. The van der Waals surface area contributed by atoms with Crippen molar-refractivity contribution in [2.24, 2.45) is 0 Å². The van der Waals surface area contributed by atoms with E-state index in [1.807, 2.05) is 0 Å². The maximum atomic E-state index is 9.00. The second-order valence-electron chi connectivity index (χ2n) is 0.519. The summed E-state index contributed by atoms with van der Waals surface area (Å²) in [4.78, 5) is 9.00. The Kier molecular flexibility index (Phi) is 24.6. The van der Waals surface area contributed by atoms with Crippen molar-refractivity contribution in [3.05, 3.63) is 0 Å². The van der Waals surface area contributed by atoms with Gasteiger partial charge in [0.15, 0.2) is 0 Å². The molecule has 0 spiro atoms. The summed E-state index contributed by atoms with van der Waals surface area (Å²) in [7, 11) is 0. The van der Waals surface area contributed by atoms with E-state index in [1.165, 1.54) is 0 Å². The predicted octanol–water partition coefficient (Wildman–Crippen LogP) is -0.736. The molecule has 3 N–H and O–H groups in total. The zero-order chi connectivity index (χ0) is 3.58. The van der Waals surface area contributed by atoms with E-state index in [1.54, 1.807) is 0 Å². The minimum absolute atomic E-state index is 0. The second kappa shape index (κ2) is 8.92. The second-order valence-corrected chi connectivity index (χ2v) is 0.519. The van der Waals surface area contributed by atoms with E-state index < -0.39 is 5.97 Å². The molecule has 42 valence electrons. The third kappa shape index (κ3) is 4590. The van der Waals surface area contributed by atoms with Gasteiger partial charge >= 0.3 is 0 Å². The topological polar surface area (TPSA) is 68.8 Å². The van der Waals surface area contributed by atoms with Crippen molar-refractivity contribution in [2.45, 2.75) is 6.92 Å². The van der Waals surface area contributed by atoms with Crippen molar-refractivity contribution in [1.82, 2.24) is 0 Å². The van der Waals surface area contributed by atoms with Gasteiger partial charge in [0, 0.05) is 27.3 Å². The predicted molar refractivity (Wildman–Crippen MR) is 16.9 cm³/mol. The molecule has 0 aliphatic rings. The smallest absolute Gasteiger partial charge is 0.300 e. The number of hydrogen-bond donors (Lipinski definition) is 1. The molecule has 0 aliphatic carbocycles. The molecule has 6 heavy (non-hydrogen) atoms. The van der Waals surface area contributed by atoms with Gasteiger partial charge < -0.3 is 10.6 Å². The van der Waals surface area contributed by atoms with Crippen molar-refractivity contribution >= 4 is 5.97 Å². The van der Waals surface area contributed by atoms with Crippen molar-refractivity contribution in [1.29, 1.82) is 0 Å². The first-order valence-corrected chi connectivity index (χ1v) is 0.928. The van der Waals surface area contributed by atoms with Crippen LogP contribution in [0, 0.1) is 0 Å². The molecule has 0 rings (SSSR count). The molecule has 4 heteroatoms. The van der Waals surface area contributed by atoms with Crippen LogP contribution in [-0.2, 0) is 25.2 Å². The van der Waals surface area contributed by atoms with Gasteiger partial charge in [-0.05, 0) is 0 Å². The van der Waals surface area contributed by atoms with Gasteiger partial charge in [-0.3, -0.25) is 4.79 Å². The van der Waals surface area contributed by atoms with Crippen LogP contribution in [0.15, 0.2) is 0 Å². The summed E-state index contributed by atoms with van der Waals surface area (Å²) in [5, 5.41) is 7.42. The SMILES string of the molecule is CC(=O)O.O.[Pd]. The third-order valence-corrected chi connectivity index (χ3v) is 0. The Morgan fingerprint density at radius 3 is 1.67 bits per heavy atom. The van der Waals surface area contributed by atoms with E-state index >= 15 is 0 Å². The van der Waals surface area contributed by atoms with Gasteiger partial charge in [-0.2, -0.15) is 0 Å². The Bertz CT molecular complexity index is 31.8. The average Bonchev–Trinajstić information content (AvgIpc) is 0.811. The molecule has 0 unspecified atom stereocenters. The van der Waals surface area contributed by atoms with E-state index in [0.29, 0.717) is 0 Å². The fraction of sp³-hybridized carbons (Fsp3) is 0.500. The van der Waals surface area contributed by atoms with Crippen molar-refractivity contribution in [2.75, 3.05) is 0 Å². The summed E-state index contributed by atoms with van der Waals surface area (Å²) in [6, 6.07) is 0. The van der Waals surface area contributed by atoms with Gasteiger partial charge in [-0.1, -0.05) is 0 Å². The molecule has 0 aliphatic heterocycles. The molecule has 0 atom stereocenters. The van der Waals surface area contributed by atoms with Gasteiger partial charge in [0.05, 0.1) is 0 Å². The summed E-state index contributed by atoms with van der Waals surface area (Å²) in [5.41, 5.74) is 0. The maximum Gasteiger partial charge on any atom is 0.300 e. The molecule has 0 aromatic heterocycles. The van der Waals surface area contributed by atoms with E-state index in [0.717, 1.165) is 6.92 Å². The quantitative estimate of drug-likeness (QED) is 0.504. The molecule has 0 aromatic carbocycles. The molecule has 0 aromatic rings. The summed E-state index contributed by atoms with van der Waals surface area (Å²) >= 11 is 0. The number of carboxylic acid groups (broad SMARTS) is 1. The van der Waals surface area contributed by atoms with Gasteiger partial charge in [0.1, 0.15) is 0 Å². The molecule has 0 amide bonds. The van der Waals surface area contributed by atoms with Crippen molar-refractivity contribution in [3.63, 3.8) is 0 Å². The molecule has 0 bridgehead atoms. The van der Waals surface area contributed by atoms with Crippen molar-refractivity contribution in [3.8, 4) is 0 Å². The molecule has 0 heterocycles. The zero-order valence-corrected chi connectivity index (χ0v) is 4.73. The minimum atomic E-state index is -0.833.